The first-order chi connectivity index (χ1) is 9.60. The number of nitrogens with zero attached hydrogens (tertiary/aromatic N) is 3. The fraction of sp³-hybridized carbons (Fsp3) is 0.429. The van der Waals surface area contributed by atoms with E-state index in [1.54, 1.807) is 0 Å². The molecule has 6 nitrogen and oxygen atoms in total. The zero-order valence-electron chi connectivity index (χ0n) is 12.4. The summed E-state index contributed by atoms with van der Waals surface area (Å²) in [7, 11) is 4.04. The van der Waals surface area contributed by atoms with E-state index in [0.29, 0.717) is 18.5 Å². The lowest BCUT2D eigenvalue weighted by atomic mass is 10.1. The van der Waals surface area contributed by atoms with Crippen molar-refractivity contribution in [3.05, 3.63) is 29.7 Å². The fourth-order valence-corrected chi connectivity index (χ4v) is 1.90. The minimum Gasteiger partial charge on any atom is -0.406 e. The minimum absolute atomic E-state index is 0.409. The molecule has 0 saturated heterocycles. The zero-order chi connectivity index (χ0) is 14.5. The maximum atomic E-state index is 5.51. The van der Waals surface area contributed by atoms with Gasteiger partial charge in [0.15, 0.2) is 0 Å². The molecule has 2 aromatic rings. The van der Waals surface area contributed by atoms with Crippen LogP contribution in [0.4, 0.5) is 17.4 Å². The number of rotatable bonds is 6. The molecule has 2 rings (SSSR count). The Morgan fingerprint density at radius 1 is 1.25 bits per heavy atom. The lowest BCUT2D eigenvalue weighted by Crippen LogP contribution is -2.11. The highest BCUT2D eigenvalue weighted by Gasteiger charge is 2.07. The lowest BCUT2D eigenvalue weighted by molar-refractivity contribution is 0.484. The Hall–Kier alpha value is -2.08. The van der Waals surface area contributed by atoms with Crippen LogP contribution in [0.15, 0.2) is 22.6 Å². The normalized spacial score (nSPS) is 10.6. The first-order valence-electron chi connectivity index (χ1n) is 6.68. The number of benzene rings is 1. The largest absolute Gasteiger partial charge is 0.406 e. The van der Waals surface area contributed by atoms with Crippen LogP contribution in [-0.4, -0.2) is 30.8 Å². The highest BCUT2D eigenvalue weighted by atomic mass is 16.4. The van der Waals surface area contributed by atoms with Gasteiger partial charge in [0.25, 0.3) is 0 Å². The number of anilines is 3. The summed E-state index contributed by atoms with van der Waals surface area (Å²) in [5, 5.41) is 14.2. The van der Waals surface area contributed by atoms with E-state index in [-0.39, 0.29) is 0 Å². The van der Waals surface area contributed by atoms with Gasteiger partial charge in [-0.2, -0.15) is 0 Å². The molecule has 0 aliphatic heterocycles. The van der Waals surface area contributed by atoms with E-state index >= 15 is 0 Å². The summed E-state index contributed by atoms with van der Waals surface area (Å²) in [6, 6.07) is 6.53. The molecule has 0 bridgehead atoms. The topological polar surface area (TPSA) is 66.2 Å². The van der Waals surface area contributed by atoms with Gasteiger partial charge >= 0.3 is 6.01 Å². The van der Waals surface area contributed by atoms with E-state index in [1.165, 1.54) is 5.56 Å². The molecule has 0 radical (unpaired) electrons. The van der Waals surface area contributed by atoms with Crippen LogP contribution in [0.1, 0.15) is 18.4 Å². The summed E-state index contributed by atoms with van der Waals surface area (Å²) in [6.45, 7) is 5.57. The van der Waals surface area contributed by atoms with E-state index in [1.807, 2.05) is 27.1 Å². The Labute approximate surface area is 119 Å². The molecule has 0 saturated carbocycles. The summed E-state index contributed by atoms with van der Waals surface area (Å²) in [5.41, 5.74) is 3.30. The molecule has 1 aromatic carbocycles. The smallest absolute Gasteiger partial charge is 0.320 e. The van der Waals surface area contributed by atoms with Gasteiger partial charge in [0.2, 0.25) is 5.89 Å². The Kier molecular flexibility index (Phi) is 4.57. The van der Waals surface area contributed by atoms with Crippen LogP contribution in [0, 0.1) is 6.92 Å². The van der Waals surface area contributed by atoms with Crippen molar-refractivity contribution in [3.8, 4) is 0 Å². The Morgan fingerprint density at radius 2 is 2.05 bits per heavy atom. The Bertz CT molecular complexity index is 564. The van der Waals surface area contributed by atoms with Crippen molar-refractivity contribution in [1.29, 1.82) is 0 Å². The number of hydrogen-bond acceptors (Lipinski definition) is 6. The quantitative estimate of drug-likeness (QED) is 0.843. The van der Waals surface area contributed by atoms with Crippen molar-refractivity contribution >= 4 is 17.4 Å². The molecule has 0 unspecified atom stereocenters. The van der Waals surface area contributed by atoms with Gasteiger partial charge < -0.3 is 20.0 Å². The Balaban J connectivity index is 2.09. The molecular weight excluding hydrogens is 254 g/mol. The first kappa shape index (κ1) is 14.3. The maximum Gasteiger partial charge on any atom is 0.320 e. The SMILES string of the molecule is CCNCc1nnc(Nc2ccc(C)c(N(C)C)c2)o1. The van der Waals surface area contributed by atoms with Crippen molar-refractivity contribution in [2.75, 3.05) is 30.9 Å². The van der Waals surface area contributed by atoms with Crippen molar-refractivity contribution in [2.24, 2.45) is 0 Å². The van der Waals surface area contributed by atoms with Crippen molar-refractivity contribution < 1.29 is 4.42 Å². The van der Waals surface area contributed by atoms with Crippen molar-refractivity contribution in [3.63, 3.8) is 0 Å². The molecule has 0 aliphatic carbocycles. The van der Waals surface area contributed by atoms with Crippen molar-refractivity contribution in [1.82, 2.24) is 15.5 Å². The minimum atomic E-state index is 0.409. The second kappa shape index (κ2) is 6.38. The van der Waals surface area contributed by atoms with E-state index in [9.17, 15) is 0 Å². The molecule has 0 atom stereocenters. The molecule has 20 heavy (non-hydrogen) atoms. The lowest BCUT2D eigenvalue weighted by Gasteiger charge is -2.16. The molecule has 0 fully saturated rings. The van der Waals surface area contributed by atoms with Gasteiger partial charge in [-0.3, -0.25) is 0 Å². The standard InChI is InChI=1S/C14H21N5O/c1-5-15-9-13-17-18-14(20-13)16-11-7-6-10(2)12(8-11)19(3)4/h6-8,15H,5,9H2,1-4H3,(H,16,18). The summed E-state index contributed by atoms with van der Waals surface area (Å²) >= 11 is 0. The van der Waals surface area contributed by atoms with Gasteiger partial charge in [0, 0.05) is 25.5 Å². The zero-order valence-corrected chi connectivity index (χ0v) is 12.4. The van der Waals surface area contributed by atoms with Gasteiger partial charge in [0.05, 0.1) is 6.54 Å². The summed E-state index contributed by atoms with van der Waals surface area (Å²) in [4.78, 5) is 2.07. The summed E-state index contributed by atoms with van der Waals surface area (Å²) in [6.07, 6.45) is 0. The highest BCUT2D eigenvalue weighted by molar-refractivity contribution is 5.64. The monoisotopic (exact) mass is 275 g/mol. The molecule has 1 heterocycles. The van der Waals surface area contributed by atoms with Crippen LogP contribution < -0.4 is 15.5 Å². The maximum absolute atomic E-state index is 5.51. The van der Waals surface area contributed by atoms with Crippen LogP contribution in [0.3, 0.4) is 0 Å². The third-order valence-corrected chi connectivity index (χ3v) is 2.94. The van der Waals surface area contributed by atoms with Gasteiger partial charge in [-0.1, -0.05) is 18.1 Å². The predicted octanol–water partition coefficient (Wildman–Crippen LogP) is 2.30. The van der Waals surface area contributed by atoms with E-state index in [2.05, 4.69) is 44.8 Å². The molecule has 0 aliphatic rings. The number of nitrogens with one attached hydrogen (secondary N) is 2. The van der Waals surface area contributed by atoms with Crippen LogP contribution in [0.2, 0.25) is 0 Å². The van der Waals surface area contributed by atoms with Gasteiger partial charge in [0.1, 0.15) is 0 Å². The molecular formula is C14H21N5O. The highest BCUT2D eigenvalue weighted by Crippen LogP contribution is 2.24. The molecule has 108 valence electrons. The fourth-order valence-electron chi connectivity index (χ4n) is 1.90. The molecule has 2 N–H and O–H groups in total. The first-order valence-corrected chi connectivity index (χ1v) is 6.68. The molecule has 0 spiro atoms. The van der Waals surface area contributed by atoms with E-state index in [0.717, 1.165) is 17.9 Å². The second-order valence-corrected chi connectivity index (χ2v) is 4.80. The third kappa shape index (κ3) is 3.48. The number of aromatic nitrogens is 2. The summed E-state index contributed by atoms with van der Waals surface area (Å²) < 4.78 is 5.51. The van der Waals surface area contributed by atoms with E-state index < -0.39 is 0 Å². The molecule has 0 amide bonds. The van der Waals surface area contributed by atoms with Crippen LogP contribution in [0.5, 0.6) is 0 Å². The number of aryl methyl sites for hydroxylation is 1. The second-order valence-electron chi connectivity index (χ2n) is 4.80. The third-order valence-electron chi connectivity index (χ3n) is 2.94. The summed E-state index contributed by atoms with van der Waals surface area (Å²) in [5.74, 6) is 0.578. The van der Waals surface area contributed by atoms with Crippen LogP contribution in [0.25, 0.3) is 0 Å². The van der Waals surface area contributed by atoms with Gasteiger partial charge in [-0.15, -0.1) is 5.10 Å². The Morgan fingerprint density at radius 3 is 2.75 bits per heavy atom. The van der Waals surface area contributed by atoms with Gasteiger partial charge in [-0.05, 0) is 31.2 Å². The number of hydrogen-bond donors (Lipinski definition) is 2. The van der Waals surface area contributed by atoms with Gasteiger partial charge in [-0.25, -0.2) is 0 Å². The average molecular weight is 275 g/mol. The van der Waals surface area contributed by atoms with Crippen LogP contribution >= 0.6 is 0 Å². The van der Waals surface area contributed by atoms with Crippen LogP contribution in [-0.2, 0) is 6.54 Å². The van der Waals surface area contributed by atoms with Crippen molar-refractivity contribution in [2.45, 2.75) is 20.4 Å². The predicted molar refractivity (Wildman–Crippen MR) is 80.5 cm³/mol. The van der Waals surface area contributed by atoms with E-state index in [4.69, 9.17) is 4.42 Å². The molecule has 1 aromatic heterocycles. The molecule has 6 heteroatoms. The average Bonchev–Trinajstić information content (AvgIpc) is 2.86.